The fraction of sp³-hybridized carbons (Fsp3) is 0.615. The molecule has 0 unspecified atom stereocenters. The highest BCUT2D eigenvalue weighted by molar-refractivity contribution is 5.77. The van der Waals surface area contributed by atoms with E-state index < -0.39 is 0 Å². The average molecular weight is 251 g/mol. The summed E-state index contributed by atoms with van der Waals surface area (Å²) in [6.45, 7) is 6.36. The van der Waals surface area contributed by atoms with Crippen LogP contribution in [0.15, 0.2) is 12.1 Å². The van der Waals surface area contributed by atoms with Crippen molar-refractivity contribution in [1.29, 1.82) is 0 Å². The molecule has 1 amide bonds. The number of aromatic nitrogens is 1. The molecule has 0 saturated carbocycles. The topological polar surface area (TPSA) is 55.3 Å². The minimum absolute atomic E-state index is 0.0676. The second-order valence-corrected chi connectivity index (χ2v) is 5.14. The van der Waals surface area contributed by atoms with Crippen LogP contribution in [-0.4, -0.2) is 35.8 Å². The van der Waals surface area contributed by atoms with Gasteiger partial charge in [0.25, 0.3) is 0 Å². The Morgan fingerprint density at radius 1 is 1.56 bits per heavy atom. The summed E-state index contributed by atoms with van der Waals surface area (Å²) in [6.07, 6.45) is 0. The van der Waals surface area contributed by atoms with Crippen LogP contribution in [-0.2, 0) is 23.1 Å². The molecule has 5 heteroatoms. The Hall–Kier alpha value is -1.33. The average Bonchev–Trinajstić information content (AvgIpc) is 2.62. The number of ether oxygens (including phenoxy) is 1. The molecule has 0 bridgehead atoms. The van der Waals surface area contributed by atoms with Crippen LogP contribution in [0.3, 0.4) is 0 Å². The Morgan fingerprint density at radius 3 is 2.78 bits per heavy atom. The van der Waals surface area contributed by atoms with E-state index in [1.54, 1.807) is 0 Å². The van der Waals surface area contributed by atoms with Gasteiger partial charge in [0.2, 0.25) is 5.91 Å². The van der Waals surface area contributed by atoms with Crippen molar-refractivity contribution >= 4 is 5.91 Å². The Balaban J connectivity index is 1.73. The second kappa shape index (κ2) is 5.12. The maximum absolute atomic E-state index is 11.7. The first-order valence-electron chi connectivity index (χ1n) is 6.23. The zero-order chi connectivity index (χ0) is 13.2. The van der Waals surface area contributed by atoms with Crippen LogP contribution in [0.25, 0.3) is 0 Å². The van der Waals surface area contributed by atoms with Gasteiger partial charge < -0.3 is 19.9 Å². The van der Waals surface area contributed by atoms with Crippen molar-refractivity contribution in [3.8, 4) is 0 Å². The van der Waals surface area contributed by atoms with E-state index in [1.807, 2.05) is 33.0 Å². The summed E-state index contributed by atoms with van der Waals surface area (Å²) >= 11 is 0. The van der Waals surface area contributed by atoms with Gasteiger partial charge in [-0.25, -0.2) is 0 Å². The summed E-state index contributed by atoms with van der Waals surface area (Å²) in [5, 5.41) is 6.00. The number of rotatable bonds is 5. The number of carbonyl (C=O) groups excluding carboxylic acids is 1. The number of nitrogens with one attached hydrogen (secondary N) is 2. The minimum atomic E-state index is -0.168. The molecule has 0 aromatic carbocycles. The molecule has 1 fully saturated rings. The second-order valence-electron chi connectivity index (χ2n) is 5.14. The number of carbonyl (C=O) groups is 1. The van der Waals surface area contributed by atoms with Gasteiger partial charge in [-0.3, -0.25) is 4.79 Å². The molecule has 5 nitrogen and oxygen atoms in total. The highest BCUT2D eigenvalue weighted by Gasteiger charge is 2.32. The molecule has 2 N–H and O–H groups in total. The Morgan fingerprint density at radius 2 is 2.28 bits per heavy atom. The maximum atomic E-state index is 11.7. The third kappa shape index (κ3) is 2.91. The lowest BCUT2D eigenvalue weighted by Crippen LogP contribution is -2.59. The van der Waals surface area contributed by atoms with Crippen molar-refractivity contribution in [2.75, 3.05) is 19.7 Å². The van der Waals surface area contributed by atoms with E-state index in [9.17, 15) is 4.79 Å². The van der Waals surface area contributed by atoms with E-state index >= 15 is 0 Å². The van der Waals surface area contributed by atoms with Gasteiger partial charge >= 0.3 is 0 Å². The first-order chi connectivity index (χ1) is 8.50. The van der Waals surface area contributed by atoms with Crippen molar-refractivity contribution in [2.45, 2.75) is 26.0 Å². The number of hydrogen-bond donors (Lipinski definition) is 2. The first-order valence-corrected chi connectivity index (χ1v) is 6.23. The summed E-state index contributed by atoms with van der Waals surface area (Å²) in [4.78, 5) is 11.7. The third-order valence-electron chi connectivity index (χ3n) is 3.49. The molecule has 1 aliphatic heterocycles. The van der Waals surface area contributed by atoms with E-state index in [4.69, 9.17) is 4.74 Å². The number of hydrogen-bond acceptors (Lipinski definition) is 3. The first kappa shape index (κ1) is 13.1. The van der Waals surface area contributed by atoms with Crippen LogP contribution in [0.1, 0.15) is 18.3 Å². The zero-order valence-electron chi connectivity index (χ0n) is 11.2. The van der Waals surface area contributed by atoms with Crippen molar-refractivity contribution in [3.63, 3.8) is 0 Å². The van der Waals surface area contributed by atoms with E-state index in [-0.39, 0.29) is 18.1 Å². The Bertz CT molecular complexity index is 435. The third-order valence-corrected chi connectivity index (χ3v) is 3.49. The van der Waals surface area contributed by atoms with Gasteiger partial charge in [-0.2, -0.15) is 0 Å². The molecule has 100 valence electrons. The molecule has 0 radical (unpaired) electrons. The molecule has 0 atom stereocenters. The minimum Gasteiger partial charge on any atom is -0.363 e. The van der Waals surface area contributed by atoms with E-state index in [2.05, 4.69) is 15.2 Å². The van der Waals surface area contributed by atoms with Crippen LogP contribution in [0.2, 0.25) is 0 Å². The largest absolute Gasteiger partial charge is 0.363 e. The highest BCUT2D eigenvalue weighted by atomic mass is 16.5. The fourth-order valence-corrected chi connectivity index (χ4v) is 1.90. The molecule has 1 aliphatic rings. The fourth-order valence-electron chi connectivity index (χ4n) is 1.90. The van der Waals surface area contributed by atoms with Crippen molar-refractivity contribution in [2.24, 2.45) is 7.05 Å². The molecule has 0 spiro atoms. The molecule has 1 aromatic rings. The number of aryl methyl sites for hydroxylation is 1. The van der Waals surface area contributed by atoms with E-state index in [0.29, 0.717) is 6.54 Å². The van der Waals surface area contributed by atoms with Crippen molar-refractivity contribution in [1.82, 2.24) is 15.2 Å². The van der Waals surface area contributed by atoms with Crippen LogP contribution >= 0.6 is 0 Å². The molecule has 1 aromatic heterocycles. The summed E-state index contributed by atoms with van der Waals surface area (Å²) in [7, 11) is 1.99. The summed E-state index contributed by atoms with van der Waals surface area (Å²) in [6, 6.07) is 4.06. The lowest BCUT2D eigenvalue weighted by atomic mass is 10.0. The molecular weight excluding hydrogens is 230 g/mol. The van der Waals surface area contributed by atoms with Crippen LogP contribution in [0.5, 0.6) is 0 Å². The smallest absolute Gasteiger partial charge is 0.246 e. The van der Waals surface area contributed by atoms with Crippen LogP contribution < -0.4 is 10.6 Å². The van der Waals surface area contributed by atoms with Crippen LogP contribution in [0, 0.1) is 6.92 Å². The quantitative estimate of drug-likeness (QED) is 0.793. The maximum Gasteiger partial charge on any atom is 0.246 e. The van der Waals surface area contributed by atoms with E-state index in [0.717, 1.165) is 18.8 Å². The standard InChI is InChI=1S/C13H21N3O2/c1-10-4-5-11(16(10)3)6-15-12(17)7-18-13(2)8-14-9-13/h4-5,14H,6-9H2,1-3H3,(H,15,17). The van der Waals surface area contributed by atoms with Gasteiger partial charge in [0.15, 0.2) is 0 Å². The highest BCUT2D eigenvalue weighted by Crippen LogP contribution is 2.14. The molecule has 2 heterocycles. The van der Waals surface area contributed by atoms with E-state index in [1.165, 1.54) is 5.69 Å². The summed E-state index contributed by atoms with van der Waals surface area (Å²) in [5.41, 5.74) is 2.11. The summed E-state index contributed by atoms with van der Waals surface area (Å²) in [5.74, 6) is -0.0676. The Labute approximate surface area is 108 Å². The van der Waals surface area contributed by atoms with Gasteiger partial charge in [0, 0.05) is 31.5 Å². The van der Waals surface area contributed by atoms with Gasteiger partial charge in [-0.05, 0) is 26.0 Å². The van der Waals surface area contributed by atoms with Gasteiger partial charge in [0.05, 0.1) is 12.1 Å². The molecule has 18 heavy (non-hydrogen) atoms. The normalized spacial score (nSPS) is 17.3. The monoisotopic (exact) mass is 251 g/mol. The zero-order valence-corrected chi connectivity index (χ0v) is 11.2. The van der Waals surface area contributed by atoms with Gasteiger partial charge in [-0.15, -0.1) is 0 Å². The molecule has 2 rings (SSSR count). The molecular formula is C13H21N3O2. The predicted molar refractivity (Wildman–Crippen MR) is 69.2 cm³/mol. The van der Waals surface area contributed by atoms with Gasteiger partial charge in [-0.1, -0.05) is 0 Å². The Kier molecular flexibility index (Phi) is 3.73. The number of amides is 1. The lowest BCUT2D eigenvalue weighted by molar-refractivity contribution is -0.136. The predicted octanol–water partition coefficient (Wildman–Crippen LogP) is 0.328. The van der Waals surface area contributed by atoms with Crippen molar-refractivity contribution in [3.05, 3.63) is 23.5 Å². The SMILES string of the molecule is Cc1ccc(CNC(=O)COC2(C)CNC2)n1C. The molecule has 1 saturated heterocycles. The van der Waals surface area contributed by atoms with Gasteiger partial charge in [0.1, 0.15) is 6.61 Å². The summed E-state index contributed by atoms with van der Waals surface area (Å²) < 4.78 is 7.64. The van der Waals surface area contributed by atoms with Crippen LogP contribution in [0.4, 0.5) is 0 Å². The number of nitrogens with zero attached hydrogens (tertiary/aromatic N) is 1. The van der Waals surface area contributed by atoms with Crippen molar-refractivity contribution < 1.29 is 9.53 Å². The molecule has 0 aliphatic carbocycles. The lowest BCUT2D eigenvalue weighted by Gasteiger charge is -2.38.